The van der Waals surface area contributed by atoms with E-state index in [2.05, 4.69) is 114 Å². The molecule has 52 heavy (non-hydrogen) atoms. The maximum absolute atomic E-state index is 6.58. The van der Waals surface area contributed by atoms with Crippen LogP contribution in [0.3, 0.4) is 0 Å². The van der Waals surface area contributed by atoms with Gasteiger partial charge in [0.2, 0.25) is 0 Å². The topological polar surface area (TPSA) is 56.7 Å². The van der Waals surface area contributed by atoms with Gasteiger partial charge in [0.25, 0.3) is 0 Å². The van der Waals surface area contributed by atoms with Crippen LogP contribution < -0.4 is 4.74 Å². The largest absolute Gasteiger partial charge is 2.00 e. The maximum atomic E-state index is 6.58. The summed E-state index contributed by atoms with van der Waals surface area (Å²) in [5, 5.41) is 4.92. The van der Waals surface area contributed by atoms with Gasteiger partial charge in [-0.15, -0.1) is 12.1 Å². The van der Waals surface area contributed by atoms with Crippen LogP contribution >= 0.6 is 0 Å². The minimum Gasteiger partial charge on any atom is -0.497 e. The van der Waals surface area contributed by atoms with Crippen LogP contribution in [0.1, 0.15) is 11.1 Å². The number of rotatable bonds is 3. The summed E-state index contributed by atoms with van der Waals surface area (Å²) in [4.78, 5) is 14.9. The van der Waals surface area contributed by atoms with E-state index in [0.29, 0.717) is 11.5 Å². The SMILES string of the molecule is Cc1cccc(C)c1-c1ccc2c(c1)c1ccc(Oc3[c-]c4c(cc3)c3ncccc3n3c5ccccc5nc43)[c-]c1c1nc3ccccc3n21.[Pd+2]. The van der Waals surface area contributed by atoms with Gasteiger partial charge in [-0.3, -0.25) is 15.0 Å². The number of benzene rings is 6. The van der Waals surface area contributed by atoms with Gasteiger partial charge in [0.1, 0.15) is 0 Å². The van der Waals surface area contributed by atoms with Crippen LogP contribution in [0.15, 0.2) is 128 Å². The number of ether oxygens (including phenoxy) is 1. The van der Waals surface area contributed by atoms with Crippen molar-refractivity contribution in [2.24, 2.45) is 0 Å². The normalized spacial score (nSPS) is 11.9. The molecule has 11 rings (SSSR count). The van der Waals surface area contributed by atoms with Crippen molar-refractivity contribution in [1.82, 2.24) is 23.8 Å². The number of pyridine rings is 3. The third kappa shape index (κ3) is 4.37. The summed E-state index contributed by atoms with van der Waals surface area (Å²) in [5.74, 6) is 1.16. The number of para-hydroxylation sites is 4. The van der Waals surface area contributed by atoms with E-state index in [1.807, 2.05) is 48.7 Å². The van der Waals surface area contributed by atoms with Crippen LogP contribution in [0, 0.1) is 26.0 Å². The Balaban J connectivity index is 0.00000338. The first kappa shape index (κ1) is 30.7. The molecule has 0 amide bonds. The fourth-order valence-corrected chi connectivity index (χ4v) is 7.99. The van der Waals surface area contributed by atoms with Crippen LogP contribution in [0.4, 0.5) is 0 Å². The summed E-state index contributed by atoms with van der Waals surface area (Å²) in [7, 11) is 0. The third-order valence-corrected chi connectivity index (χ3v) is 10.2. The number of aromatic nitrogens is 5. The fraction of sp³-hybridized carbons (Fsp3) is 0.0444. The monoisotopic (exact) mass is 759 g/mol. The summed E-state index contributed by atoms with van der Waals surface area (Å²) < 4.78 is 11.0. The van der Waals surface area contributed by atoms with Crippen molar-refractivity contribution in [3.05, 3.63) is 151 Å². The quantitative estimate of drug-likeness (QED) is 0.102. The van der Waals surface area contributed by atoms with Gasteiger partial charge in [0, 0.05) is 23.2 Å². The summed E-state index contributed by atoms with van der Waals surface area (Å²) in [6, 6.07) is 49.1. The van der Waals surface area contributed by atoms with Gasteiger partial charge < -0.3 is 13.5 Å². The van der Waals surface area contributed by atoms with Crippen LogP contribution in [-0.4, -0.2) is 23.8 Å². The van der Waals surface area contributed by atoms with E-state index < -0.39 is 0 Å². The second-order valence-corrected chi connectivity index (χ2v) is 13.2. The Kier molecular flexibility index (Phi) is 6.75. The van der Waals surface area contributed by atoms with Gasteiger partial charge in [-0.2, -0.15) is 0 Å². The summed E-state index contributed by atoms with van der Waals surface area (Å²) >= 11 is 0. The van der Waals surface area contributed by atoms with Crippen molar-refractivity contribution in [2.45, 2.75) is 13.8 Å². The van der Waals surface area contributed by atoms with Crippen LogP contribution in [0.25, 0.3) is 88.0 Å². The molecule has 0 saturated heterocycles. The summed E-state index contributed by atoms with van der Waals surface area (Å²) in [5.41, 5.74) is 13.6. The molecule has 5 aromatic heterocycles. The van der Waals surface area contributed by atoms with E-state index >= 15 is 0 Å². The molecule has 0 bridgehead atoms. The Hall–Kier alpha value is -6.13. The molecule has 7 heteroatoms. The van der Waals surface area contributed by atoms with Gasteiger partial charge in [-0.05, 0) is 84.0 Å². The van der Waals surface area contributed by atoms with Crippen LogP contribution in [0.5, 0.6) is 11.5 Å². The third-order valence-electron chi connectivity index (χ3n) is 10.2. The number of aryl methyl sites for hydroxylation is 2. The molecule has 0 aliphatic rings. The van der Waals surface area contributed by atoms with Crippen LogP contribution in [-0.2, 0) is 20.4 Å². The first-order valence-electron chi connectivity index (χ1n) is 17.0. The average molecular weight is 760 g/mol. The van der Waals surface area contributed by atoms with E-state index in [4.69, 9.17) is 19.7 Å². The Labute approximate surface area is 311 Å². The number of fused-ring (bicyclic) bond motifs is 16. The zero-order valence-electron chi connectivity index (χ0n) is 28.1. The Morgan fingerprint density at radius 2 is 1.13 bits per heavy atom. The van der Waals surface area contributed by atoms with Gasteiger partial charge in [-0.25, -0.2) is 0 Å². The Morgan fingerprint density at radius 3 is 1.83 bits per heavy atom. The first-order valence-corrected chi connectivity index (χ1v) is 17.0. The van der Waals surface area contributed by atoms with Crippen molar-refractivity contribution < 1.29 is 25.2 Å². The molecule has 0 saturated carbocycles. The number of imidazole rings is 2. The molecule has 6 aromatic carbocycles. The molecule has 0 fully saturated rings. The summed E-state index contributed by atoms with van der Waals surface area (Å²) in [6.45, 7) is 4.36. The molecule has 5 heterocycles. The second kappa shape index (κ2) is 11.4. The van der Waals surface area contributed by atoms with E-state index in [0.717, 1.165) is 76.8 Å². The zero-order valence-corrected chi connectivity index (χ0v) is 29.6. The minimum atomic E-state index is 0. The van der Waals surface area contributed by atoms with Gasteiger partial charge in [0.15, 0.2) is 0 Å². The van der Waals surface area contributed by atoms with Crippen LogP contribution in [0.2, 0.25) is 0 Å². The zero-order chi connectivity index (χ0) is 33.8. The molecule has 0 aliphatic carbocycles. The number of hydrogen-bond donors (Lipinski definition) is 0. The molecular weight excluding hydrogens is 733 g/mol. The average Bonchev–Trinajstić information content (AvgIpc) is 3.75. The molecule has 0 unspecified atom stereocenters. The molecule has 6 nitrogen and oxygen atoms in total. The van der Waals surface area contributed by atoms with E-state index in [9.17, 15) is 0 Å². The Morgan fingerprint density at radius 1 is 0.538 bits per heavy atom. The molecule has 0 radical (unpaired) electrons. The van der Waals surface area contributed by atoms with Crippen molar-refractivity contribution in [3.8, 4) is 22.6 Å². The molecular formula is C45H27N5OPd. The van der Waals surface area contributed by atoms with Gasteiger partial charge >= 0.3 is 20.4 Å². The standard InChI is InChI=1S/C45H27N5O.Pd/c1-26-9-7-10-27(2)42(26)28-16-21-38-33(23-28)31-19-17-29(24-34(31)44-47-36-11-3-5-13-39(36)49(38)44)51-30-18-20-32-35(25-30)45-48-37-12-4-6-14-40(37)50(45)41-15-8-22-46-43(32)41;/h3-23H,1-2H3;/q-2;+2. The van der Waals surface area contributed by atoms with Crippen molar-refractivity contribution in [2.75, 3.05) is 0 Å². The molecule has 248 valence electrons. The summed E-state index contributed by atoms with van der Waals surface area (Å²) in [6.07, 6.45) is 1.83. The molecule has 0 N–H and O–H groups in total. The Bertz CT molecular complexity index is 3250. The predicted octanol–water partition coefficient (Wildman–Crippen LogP) is 11.0. The van der Waals surface area contributed by atoms with Gasteiger partial charge in [-0.1, -0.05) is 100 Å². The van der Waals surface area contributed by atoms with Crippen molar-refractivity contribution in [1.29, 1.82) is 0 Å². The van der Waals surface area contributed by atoms with E-state index in [-0.39, 0.29) is 20.4 Å². The van der Waals surface area contributed by atoms with E-state index in [1.165, 1.54) is 22.3 Å². The molecule has 11 aromatic rings. The molecule has 0 spiro atoms. The first-order chi connectivity index (χ1) is 25.1. The van der Waals surface area contributed by atoms with Crippen molar-refractivity contribution >= 4 is 76.8 Å². The van der Waals surface area contributed by atoms with Gasteiger partial charge in [0.05, 0.1) is 44.4 Å². The minimum absolute atomic E-state index is 0. The predicted molar refractivity (Wildman–Crippen MR) is 206 cm³/mol. The van der Waals surface area contributed by atoms with E-state index in [1.54, 1.807) is 0 Å². The second-order valence-electron chi connectivity index (χ2n) is 13.2. The number of hydrogen-bond acceptors (Lipinski definition) is 4. The smallest absolute Gasteiger partial charge is 0.497 e. The van der Waals surface area contributed by atoms with Crippen molar-refractivity contribution in [3.63, 3.8) is 0 Å². The molecule has 0 atom stereocenters. The molecule has 0 aliphatic heterocycles. The number of nitrogens with zero attached hydrogens (tertiary/aromatic N) is 5. The maximum Gasteiger partial charge on any atom is 2.00 e. The fourth-order valence-electron chi connectivity index (χ4n) is 7.99.